The molecule has 57 heavy (non-hydrogen) atoms. The highest BCUT2D eigenvalue weighted by atomic mass is 16.3. The minimum atomic E-state index is -0.343. The van der Waals surface area contributed by atoms with Gasteiger partial charge in [-0.15, -0.1) is 0 Å². The van der Waals surface area contributed by atoms with Crippen LogP contribution in [0.5, 0.6) is 0 Å². The van der Waals surface area contributed by atoms with Gasteiger partial charge in [-0.1, -0.05) is 121 Å². The molecule has 268 valence electrons. The number of nitrogens with zero attached hydrogens (tertiary/aromatic N) is 3. The van der Waals surface area contributed by atoms with Gasteiger partial charge in [-0.2, -0.15) is 0 Å². The van der Waals surface area contributed by atoms with Crippen LogP contribution in [0.2, 0.25) is 0 Å². The number of fused-ring (bicyclic) bond motifs is 9. The van der Waals surface area contributed by atoms with E-state index in [1.165, 1.54) is 16.3 Å². The molecule has 12 rings (SSSR count). The first-order chi connectivity index (χ1) is 28.2. The fourth-order valence-corrected chi connectivity index (χ4v) is 8.68. The molecule has 6 nitrogen and oxygen atoms in total. The molecule has 0 saturated carbocycles. The normalized spacial score (nSPS) is 14.5. The lowest BCUT2D eigenvalue weighted by Gasteiger charge is -2.23. The topological polar surface area (TPSA) is 68.0 Å². The van der Waals surface area contributed by atoms with Gasteiger partial charge in [-0.3, -0.25) is 0 Å². The molecule has 0 bridgehead atoms. The maximum atomic E-state index is 6.59. The largest absolute Gasteiger partial charge is 0.456 e. The summed E-state index contributed by atoms with van der Waals surface area (Å²) in [5.41, 5.74) is 11.9. The average molecular weight is 733 g/mol. The second-order valence-corrected chi connectivity index (χ2v) is 14.6. The monoisotopic (exact) mass is 732 g/mol. The Morgan fingerprint density at radius 2 is 1.14 bits per heavy atom. The minimum absolute atomic E-state index is 0.343. The van der Waals surface area contributed by atoms with E-state index in [9.17, 15) is 0 Å². The van der Waals surface area contributed by atoms with Gasteiger partial charge in [0.05, 0.1) is 11.0 Å². The lowest BCUT2D eigenvalue weighted by atomic mass is 9.96. The smallest absolute Gasteiger partial charge is 0.159 e. The Labute approximate surface area is 326 Å². The van der Waals surface area contributed by atoms with Crippen LogP contribution in [0.4, 0.5) is 0 Å². The Bertz CT molecular complexity index is 3440. The predicted octanol–water partition coefficient (Wildman–Crippen LogP) is 12.7. The number of hydrogen-bond acceptors (Lipinski definition) is 5. The third-order valence-electron chi connectivity index (χ3n) is 11.3. The van der Waals surface area contributed by atoms with Crippen molar-refractivity contribution in [2.75, 3.05) is 0 Å². The Morgan fingerprint density at radius 3 is 2.04 bits per heavy atom. The van der Waals surface area contributed by atoms with Crippen LogP contribution in [0.3, 0.4) is 0 Å². The van der Waals surface area contributed by atoms with Gasteiger partial charge in [0.1, 0.15) is 34.3 Å². The van der Waals surface area contributed by atoms with Gasteiger partial charge in [0.2, 0.25) is 0 Å². The summed E-state index contributed by atoms with van der Waals surface area (Å²) in [6.45, 7) is 0. The Balaban J connectivity index is 1.05. The summed E-state index contributed by atoms with van der Waals surface area (Å²) in [5.74, 6) is 1.37. The third-order valence-corrected chi connectivity index (χ3v) is 11.3. The van der Waals surface area contributed by atoms with Crippen molar-refractivity contribution in [2.24, 2.45) is 9.98 Å². The van der Waals surface area contributed by atoms with Gasteiger partial charge in [-0.05, 0) is 71.8 Å². The van der Waals surface area contributed by atoms with E-state index in [1.54, 1.807) is 0 Å². The molecule has 11 aromatic rings. The lowest BCUT2D eigenvalue weighted by molar-refractivity contribution is 0.667. The van der Waals surface area contributed by atoms with E-state index in [2.05, 4.69) is 155 Å². The fourth-order valence-electron chi connectivity index (χ4n) is 8.68. The quantitative estimate of drug-likeness (QED) is 0.192. The van der Waals surface area contributed by atoms with Gasteiger partial charge in [0.25, 0.3) is 0 Å². The maximum Gasteiger partial charge on any atom is 0.159 e. The van der Waals surface area contributed by atoms with Crippen molar-refractivity contribution in [1.29, 1.82) is 0 Å². The zero-order valence-electron chi connectivity index (χ0n) is 30.6. The molecule has 0 radical (unpaired) electrons. The number of amidine groups is 2. The van der Waals surface area contributed by atoms with Crippen molar-refractivity contribution in [3.05, 3.63) is 199 Å². The molecule has 6 heteroatoms. The average Bonchev–Trinajstić information content (AvgIpc) is 3.96. The highest BCUT2D eigenvalue weighted by Gasteiger charge is 2.24. The molecule has 1 N–H and O–H groups in total. The van der Waals surface area contributed by atoms with E-state index in [-0.39, 0.29) is 6.17 Å². The predicted molar refractivity (Wildman–Crippen MR) is 233 cm³/mol. The SMILES string of the molecule is c1ccc(C2N=C(c3ccc4c(c3)oc3ccccc34)N=C(c3ccc4oc5cccc(-c6cccc7c8ccccc8n(-c8ccccc8)c67)c5c4c3)N2)cc1. The van der Waals surface area contributed by atoms with Crippen LogP contribution in [0.15, 0.2) is 201 Å². The number of nitrogens with one attached hydrogen (secondary N) is 1. The number of para-hydroxylation sites is 4. The number of aromatic nitrogens is 1. The molecule has 8 aromatic carbocycles. The van der Waals surface area contributed by atoms with Crippen molar-refractivity contribution in [3.63, 3.8) is 0 Å². The summed E-state index contributed by atoms with van der Waals surface area (Å²) < 4.78 is 15.3. The van der Waals surface area contributed by atoms with E-state index < -0.39 is 0 Å². The summed E-state index contributed by atoms with van der Waals surface area (Å²) in [6, 6.07) is 63.3. The Morgan fingerprint density at radius 1 is 0.474 bits per heavy atom. The summed E-state index contributed by atoms with van der Waals surface area (Å²) in [4.78, 5) is 10.4. The van der Waals surface area contributed by atoms with E-state index in [1.807, 2.05) is 36.4 Å². The van der Waals surface area contributed by atoms with E-state index in [0.29, 0.717) is 5.84 Å². The van der Waals surface area contributed by atoms with Crippen molar-refractivity contribution >= 4 is 77.4 Å². The second kappa shape index (κ2) is 12.4. The molecule has 3 aromatic heterocycles. The molecule has 0 fully saturated rings. The number of aliphatic imine (C=N–C) groups is 2. The number of hydrogen-bond donors (Lipinski definition) is 1. The van der Waals surface area contributed by atoms with Crippen molar-refractivity contribution in [1.82, 2.24) is 9.88 Å². The van der Waals surface area contributed by atoms with Gasteiger partial charge < -0.3 is 18.7 Å². The molecule has 1 atom stereocenters. The van der Waals surface area contributed by atoms with Crippen LogP contribution >= 0.6 is 0 Å². The van der Waals surface area contributed by atoms with E-state index >= 15 is 0 Å². The van der Waals surface area contributed by atoms with Gasteiger partial charge >= 0.3 is 0 Å². The molecule has 0 aliphatic carbocycles. The number of benzene rings is 8. The zero-order valence-corrected chi connectivity index (χ0v) is 30.6. The summed E-state index contributed by atoms with van der Waals surface area (Å²) in [6.07, 6.45) is -0.343. The molecule has 4 heterocycles. The fraction of sp³-hybridized carbons (Fsp3) is 0.0196. The highest BCUT2D eigenvalue weighted by Crippen LogP contribution is 2.43. The van der Waals surface area contributed by atoms with E-state index in [0.717, 1.165) is 88.7 Å². The van der Waals surface area contributed by atoms with Crippen LogP contribution < -0.4 is 5.32 Å². The van der Waals surface area contributed by atoms with Crippen molar-refractivity contribution in [3.8, 4) is 16.8 Å². The first kappa shape index (κ1) is 31.6. The molecular weight excluding hydrogens is 701 g/mol. The molecule has 1 aliphatic heterocycles. The molecular formula is C51H32N4O2. The summed E-state index contributed by atoms with van der Waals surface area (Å²) in [5, 5.41) is 10.3. The van der Waals surface area contributed by atoms with Crippen molar-refractivity contribution < 1.29 is 8.83 Å². The zero-order chi connectivity index (χ0) is 37.5. The van der Waals surface area contributed by atoms with Crippen LogP contribution in [0.1, 0.15) is 22.9 Å². The first-order valence-corrected chi connectivity index (χ1v) is 19.2. The van der Waals surface area contributed by atoms with Gasteiger partial charge in [0, 0.05) is 54.7 Å². The standard InChI is InChI=1S/C51H32N4O2/c1-3-13-31(14-4-1)49-52-50(54-51(53-49)33-25-27-37-36-18-8-10-23-43(36)57-46(37)30-33)32-26-28-44-41(29-32)47-38(19-12-24-45(47)56-44)40-21-11-20-39-35-17-7-9-22-42(35)55(48(39)40)34-15-5-2-6-16-34/h1-30,49H,(H,52,53,54). The summed E-state index contributed by atoms with van der Waals surface area (Å²) in [7, 11) is 0. The molecule has 0 saturated heterocycles. The van der Waals surface area contributed by atoms with Crippen LogP contribution in [0, 0.1) is 0 Å². The van der Waals surface area contributed by atoms with Gasteiger partial charge in [0.15, 0.2) is 5.84 Å². The second-order valence-electron chi connectivity index (χ2n) is 14.6. The third kappa shape index (κ3) is 4.97. The molecule has 1 unspecified atom stereocenters. The maximum absolute atomic E-state index is 6.59. The Kier molecular flexibility index (Phi) is 6.89. The van der Waals surface area contributed by atoms with Crippen LogP contribution in [-0.4, -0.2) is 16.2 Å². The lowest BCUT2D eigenvalue weighted by Crippen LogP contribution is -2.33. The van der Waals surface area contributed by atoms with Gasteiger partial charge in [-0.25, -0.2) is 9.98 Å². The Hall–Kier alpha value is -7.70. The minimum Gasteiger partial charge on any atom is -0.456 e. The van der Waals surface area contributed by atoms with Crippen LogP contribution in [-0.2, 0) is 0 Å². The van der Waals surface area contributed by atoms with Crippen LogP contribution in [0.25, 0.3) is 82.5 Å². The van der Waals surface area contributed by atoms with E-state index in [4.69, 9.17) is 18.8 Å². The highest BCUT2D eigenvalue weighted by molar-refractivity contribution is 6.21. The molecule has 1 aliphatic rings. The molecule has 0 spiro atoms. The number of rotatable bonds is 5. The van der Waals surface area contributed by atoms with Crippen molar-refractivity contribution in [2.45, 2.75) is 6.17 Å². The summed E-state index contributed by atoms with van der Waals surface area (Å²) >= 11 is 0. The first-order valence-electron chi connectivity index (χ1n) is 19.2. The number of furan rings is 2. The molecule has 0 amide bonds.